The van der Waals surface area contributed by atoms with E-state index in [1.54, 1.807) is 6.07 Å². The van der Waals surface area contributed by atoms with Crippen molar-refractivity contribution in [2.75, 3.05) is 32.1 Å². The largest absolute Gasteiger partial charge is 0.506 e. The van der Waals surface area contributed by atoms with Crippen LogP contribution in [-0.2, 0) is 22.3 Å². The lowest BCUT2D eigenvalue weighted by Gasteiger charge is -2.40. The average molecular weight is 622 g/mol. The Kier molecular flexibility index (Phi) is 9.98. The van der Waals surface area contributed by atoms with Crippen LogP contribution in [0.2, 0.25) is 18.1 Å². The third-order valence-corrected chi connectivity index (χ3v) is 14.0. The van der Waals surface area contributed by atoms with Gasteiger partial charge in [0, 0.05) is 31.2 Å². The highest BCUT2D eigenvalue weighted by atomic mass is 28.4. The fraction of sp³-hybridized carbons (Fsp3) is 0.576. The second kappa shape index (κ2) is 13.6. The van der Waals surface area contributed by atoms with E-state index < -0.39 is 8.32 Å². The molecule has 0 saturated heterocycles. The molecule has 1 atom stereocenters. The van der Waals surface area contributed by atoms with Crippen LogP contribution in [0.5, 0.6) is 11.5 Å². The normalized spacial score (nSPS) is 17.0. The number of aryl methyl sites for hydroxylation is 1. The minimum atomic E-state index is -2.19. The number of aromatic hydroxyl groups is 1. The van der Waals surface area contributed by atoms with E-state index in [2.05, 4.69) is 91.4 Å². The first-order valence-corrected chi connectivity index (χ1v) is 18.8. The molecular weight excluding hydrogens is 572 g/mol. The maximum absolute atomic E-state index is 12.0. The van der Waals surface area contributed by atoms with E-state index in [-0.39, 0.29) is 29.4 Å². The molecular formula is C33H49N6O4Si. The van der Waals surface area contributed by atoms with Gasteiger partial charge in [0.05, 0.1) is 11.6 Å². The SMILES string of the molecule is CN(CCCn1nnc2cc(CNC[C@H](O[Si](C)(C)C(C)(C)C)c3ccc(O)c4c3OCC(=O)N4)ccc21)C1CC[CH]CC1. The van der Waals surface area contributed by atoms with Gasteiger partial charge >= 0.3 is 0 Å². The number of fused-ring (bicyclic) bond motifs is 2. The van der Waals surface area contributed by atoms with Crippen molar-refractivity contribution < 1.29 is 19.1 Å². The van der Waals surface area contributed by atoms with Gasteiger partial charge in [0.25, 0.3) is 5.91 Å². The summed E-state index contributed by atoms with van der Waals surface area (Å²) in [5.41, 5.74) is 4.17. The number of rotatable bonds is 12. The molecule has 0 unspecified atom stereocenters. The quantitative estimate of drug-likeness (QED) is 0.172. The third kappa shape index (κ3) is 7.44. The maximum atomic E-state index is 12.0. The molecule has 239 valence electrons. The number of phenols is 1. The summed E-state index contributed by atoms with van der Waals surface area (Å²) in [7, 11) is 0.0626. The summed E-state index contributed by atoms with van der Waals surface area (Å²) in [6.07, 6.45) is 8.12. The molecule has 1 aliphatic carbocycles. The van der Waals surface area contributed by atoms with Crippen molar-refractivity contribution in [3.8, 4) is 11.5 Å². The van der Waals surface area contributed by atoms with Crippen molar-refractivity contribution in [3.05, 3.63) is 47.9 Å². The Morgan fingerprint density at radius 1 is 1.23 bits per heavy atom. The minimum Gasteiger partial charge on any atom is -0.506 e. The van der Waals surface area contributed by atoms with Gasteiger partial charge in [-0.25, -0.2) is 4.68 Å². The van der Waals surface area contributed by atoms with E-state index >= 15 is 0 Å². The van der Waals surface area contributed by atoms with E-state index in [9.17, 15) is 9.90 Å². The van der Waals surface area contributed by atoms with Gasteiger partial charge in [-0.05, 0) is 100 Å². The first kappa shape index (κ1) is 32.4. The molecule has 1 aliphatic heterocycles. The molecule has 2 heterocycles. The highest BCUT2D eigenvalue weighted by Gasteiger charge is 2.40. The highest BCUT2D eigenvalue weighted by molar-refractivity contribution is 6.74. The first-order chi connectivity index (χ1) is 20.9. The van der Waals surface area contributed by atoms with Crippen molar-refractivity contribution in [2.24, 2.45) is 0 Å². The fourth-order valence-electron chi connectivity index (χ4n) is 5.82. The molecule has 44 heavy (non-hydrogen) atoms. The number of ether oxygens (including phenoxy) is 1. The monoisotopic (exact) mass is 621 g/mol. The molecule has 1 radical (unpaired) electrons. The molecule has 2 aromatic carbocycles. The fourth-order valence-corrected chi connectivity index (χ4v) is 7.10. The number of carbonyl (C=O) groups is 1. The Hall–Kier alpha value is -2.99. The number of amides is 1. The number of nitrogens with zero attached hydrogens (tertiary/aromatic N) is 4. The Morgan fingerprint density at radius 2 is 2.00 bits per heavy atom. The summed E-state index contributed by atoms with van der Waals surface area (Å²) >= 11 is 0. The Morgan fingerprint density at radius 3 is 2.75 bits per heavy atom. The van der Waals surface area contributed by atoms with Crippen LogP contribution in [-0.4, -0.2) is 72.0 Å². The van der Waals surface area contributed by atoms with Crippen LogP contribution < -0.4 is 15.4 Å². The summed E-state index contributed by atoms with van der Waals surface area (Å²) < 4.78 is 14.7. The standard InChI is InChI=1S/C33H49N6O4Si/c1-33(2,3)44(5,6)43-29(25-14-16-28(40)31-32(25)42-22-30(41)35-31)21-34-20-23-13-15-27-26(19-23)36-37-39(27)18-10-17-38(4)24-11-8-7-9-12-24/h7,13-16,19,24,29,34,40H,8-12,17-18,20-22H2,1-6H3,(H,35,41)/t29-/m0/s1. The lowest BCUT2D eigenvalue weighted by molar-refractivity contribution is -0.118. The third-order valence-electron chi connectivity index (χ3n) is 9.52. The molecule has 0 spiro atoms. The average Bonchev–Trinajstić information content (AvgIpc) is 3.39. The molecule has 3 aromatic rings. The van der Waals surface area contributed by atoms with E-state index in [4.69, 9.17) is 9.16 Å². The molecule has 5 rings (SSSR count). The lowest BCUT2D eigenvalue weighted by atomic mass is 9.94. The van der Waals surface area contributed by atoms with Crippen molar-refractivity contribution in [2.45, 2.75) is 96.2 Å². The van der Waals surface area contributed by atoms with Crippen LogP contribution >= 0.6 is 0 Å². The molecule has 1 amide bonds. The van der Waals surface area contributed by atoms with Crippen molar-refractivity contribution in [1.82, 2.24) is 25.2 Å². The molecule has 3 N–H and O–H groups in total. The Labute approximate surface area is 262 Å². The molecule has 1 fully saturated rings. The maximum Gasteiger partial charge on any atom is 0.262 e. The molecule has 1 aromatic heterocycles. The zero-order valence-corrected chi connectivity index (χ0v) is 28.2. The van der Waals surface area contributed by atoms with Crippen LogP contribution in [0.1, 0.15) is 70.1 Å². The van der Waals surface area contributed by atoms with Crippen molar-refractivity contribution in [1.29, 1.82) is 0 Å². The van der Waals surface area contributed by atoms with Gasteiger partial charge in [0.15, 0.2) is 20.7 Å². The minimum absolute atomic E-state index is 0.00179. The van der Waals surface area contributed by atoms with Crippen LogP contribution in [0.25, 0.3) is 11.0 Å². The number of hydrogen-bond acceptors (Lipinski definition) is 8. The zero-order valence-electron chi connectivity index (χ0n) is 27.2. The van der Waals surface area contributed by atoms with Gasteiger partial charge in [-0.3, -0.25) is 4.79 Å². The Balaban J connectivity index is 1.24. The summed E-state index contributed by atoms with van der Waals surface area (Å²) in [4.78, 5) is 14.5. The van der Waals surface area contributed by atoms with Crippen molar-refractivity contribution in [3.63, 3.8) is 0 Å². The number of hydrogen-bond donors (Lipinski definition) is 3. The molecule has 2 aliphatic rings. The molecule has 11 heteroatoms. The topological polar surface area (TPSA) is 114 Å². The number of phenolic OH excluding ortho intramolecular Hbond substituents is 1. The number of benzene rings is 2. The van der Waals surface area contributed by atoms with Gasteiger partial charge in [-0.1, -0.05) is 32.1 Å². The van der Waals surface area contributed by atoms with Gasteiger partial charge in [0.1, 0.15) is 17.0 Å². The number of carbonyl (C=O) groups excluding carboxylic acids is 1. The second-order valence-corrected chi connectivity index (χ2v) is 18.5. The summed E-state index contributed by atoms with van der Waals surface area (Å²) in [5, 5.41) is 25.7. The van der Waals surface area contributed by atoms with Crippen LogP contribution in [0.4, 0.5) is 5.69 Å². The van der Waals surface area contributed by atoms with E-state index in [1.807, 2.05) is 10.7 Å². The van der Waals surface area contributed by atoms with Crippen molar-refractivity contribution >= 4 is 30.9 Å². The molecule has 0 bridgehead atoms. The predicted molar refractivity (Wildman–Crippen MR) is 176 cm³/mol. The lowest BCUT2D eigenvalue weighted by Crippen LogP contribution is -2.43. The van der Waals surface area contributed by atoms with E-state index in [1.165, 1.54) is 25.7 Å². The van der Waals surface area contributed by atoms with Gasteiger partial charge in [-0.2, -0.15) is 0 Å². The smallest absolute Gasteiger partial charge is 0.262 e. The molecule has 1 saturated carbocycles. The van der Waals surface area contributed by atoms with E-state index in [0.717, 1.165) is 41.7 Å². The zero-order chi connectivity index (χ0) is 31.5. The summed E-state index contributed by atoms with van der Waals surface area (Å²) in [6.45, 7) is 14.0. The number of nitrogens with one attached hydrogen (secondary N) is 2. The van der Waals surface area contributed by atoms with Gasteiger partial charge in [-0.15, -0.1) is 5.10 Å². The Bertz CT molecular complexity index is 1450. The highest BCUT2D eigenvalue weighted by Crippen LogP contribution is 2.45. The summed E-state index contributed by atoms with van der Waals surface area (Å²) in [5.74, 6) is 0.159. The van der Waals surface area contributed by atoms with Crippen LogP contribution in [0.15, 0.2) is 30.3 Å². The van der Waals surface area contributed by atoms with Crippen LogP contribution in [0, 0.1) is 6.42 Å². The summed E-state index contributed by atoms with van der Waals surface area (Å²) in [6, 6.07) is 10.5. The number of aromatic nitrogens is 3. The van der Waals surface area contributed by atoms with E-state index in [0.29, 0.717) is 30.6 Å². The second-order valence-electron chi connectivity index (χ2n) is 13.8. The molecule has 10 nitrogen and oxygen atoms in total. The van der Waals surface area contributed by atoms with Gasteiger partial charge in [0.2, 0.25) is 0 Å². The van der Waals surface area contributed by atoms with Gasteiger partial charge < -0.3 is 29.8 Å². The number of anilines is 1. The van der Waals surface area contributed by atoms with Crippen LogP contribution in [0.3, 0.4) is 0 Å². The first-order valence-electron chi connectivity index (χ1n) is 15.9. The predicted octanol–water partition coefficient (Wildman–Crippen LogP) is 5.79.